The molecule has 0 radical (unpaired) electrons. The normalized spacial score (nSPS) is 10.6. The molecule has 17 N–H and O–H groups in total. The Balaban J connectivity index is 0.000000134. The van der Waals surface area contributed by atoms with Crippen molar-refractivity contribution in [2.75, 3.05) is 60.6 Å². The average Bonchev–Trinajstić information content (AvgIpc) is 1.69. The number of phenolic OH excluding ortho intramolecular Hbond substituents is 1. The Hall–Kier alpha value is -16.1. The maximum absolute atomic E-state index is 13.6. The number of hydrogen-bond donors (Lipinski definition) is 12. The van der Waals surface area contributed by atoms with Gasteiger partial charge < -0.3 is 70.4 Å². The van der Waals surface area contributed by atoms with Crippen LogP contribution in [0.1, 0.15) is 57.0 Å². The summed E-state index contributed by atoms with van der Waals surface area (Å²) in [5, 5.41) is 68.2. The maximum atomic E-state index is 13.6. The smallest absolute Gasteiger partial charge is 0.253 e. The summed E-state index contributed by atoms with van der Waals surface area (Å²) in [6, 6.07) is 51.2. The van der Waals surface area contributed by atoms with Gasteiger partial charge in [0, 0.05) is 68.9 Å². The number of nitrogens with one attached hydrogen (secondary N) is 6. The molecule has 40 heteroatoms. The van der Waals surface area contributed by atoms with Crippen molar-refractivity contribution in [2.45, 2.75) is 61.5 Å². The number of nitriles is 2. The minimum atomic E-state index is -0.438. The van der Waals surface area contributed by atoms with Gasteiger partial charge in [-0.1, -0.05) is 48.5 Å². The summed E-state index contributed by atoms with van der Waals surface area (Å²) in [5.41, 5.74) is 39.2. The Kier molecular flexibility index (Phi) is 25.1. The maximum Gasteiger partial charge on any atom is 0.253 e. The van der Waals surface area contributed by atoms with Crippen LogP contribution >= 0.6 is 22.7 Å². The predicted octanol–water partition coefficient (Wildman–Crippen LogP) is 12.8. The first-order valence-electron chi connectivity index (χ1n) is 35.0. The first-order valence-corrected chi connectivity index (χ1v) is 36.6. The third kappa shape index (κ3) is 21.5. The molecule has 0 unspecified atom stereocenters. The lowest BCUT2D eigenvalue weighted by atomic mass is 10.1. The fourth-order valence-corrected chi connectivity index (χ4v) is 12.0. The van der Waals surface area contributed by atoms with E-state index in [0.717, 1.165) is 43.4 Å². The third-order valence-electron chi connectivity index (χ3n) is 15.4. The van der Waals surface area contributed by atoms with Crippen LogP contribution in [0.3, 0.4) is 0 Å². The molecule has 16 rings (SSSR count). The number of aromatic nitrogens is 22. The van der Waals surface area contributed by atoms with Gasteiger partial charge in [-0.15, -0.1) is 48.2 Å². The molecule has 0 atom stereocenters. The van der Waals surface area contributed by atoms with Gasteiger partial charge in [-0.2, -0.15) is 58.9 Å². The molecule has 0 amide bonds. The number of hydrogen-bond acceptors (Lipinski definition) is 34. The molecule has 584 valence electrons. The molecule has 0 aliphatic heterocycles. The van der Waals surface area contributed by atoms with E-state index in [1.807, 2.05) is 107 Å². The third-order valence-corrected chi connectivity index (χ3v) is 17.1. The molecule has 6 aromatic carbocycles. The summed E-state index contributed by atoms with van der Waals surface area (Å²) >= 11 is 3.06. The molecule has 37 nitrogen and oxygen atoms in total. The quantitative estimate of drug-likeness (QED) is 0.0358. The van der Waals surface area contributed by atoms with Crippen molar-refractivity contribution < 1.29 is 14.2 Å². The molecule has 0 spiro atoms. The van der Waals surface area contributed by atoms with Gasteiger partial charge in [0.05, 0.1) is 35.3 Å². The second kappa shape index (κ2) is 36.6. The number of aryl methyl sites for hydroxylation is 6. The molecule has 0 aliphatic carbocycles. The van der Waals surface area contributed by atoms with E-state index in [2.05, 4.69) is 169 Å². The van der Waals surface area contributed by atoms with Crippen LogP contribution in [-0.4, -0.2) is 120 Å². The second-order valence-electron chi connectivity index (χ2n) is 25.3. The van der Waals surface area contributed by atoms with Crippen molar-refractivity contribution in [2.24, 2.45) is 0 Å². The van der Waals surface area contributed by atoms with Gasteiger partial charge in [-0.3, -0.25) is 0 Å². The molecule has 0 bridgehead atoms. The number of anilines is 17. The molecule has 116 heavy (non-hydrogen) atoms. The molecule has 0 aliphatic rings. The standard InChI is InChI=1S/C18H16N8O.C17H17N7O.2C14H16N6S.C13H9FN8/c19-17-24-18(23-13-7-4-8-14(27)9-13)25-26(17)16-10-15(20-11-21-16)22-12-5-2-1-3-6-12;1-11(2)25-14-6-4-13(5-7-14)21-17-22-16(19)24(23-17)15-8-3-12(9-18)10-20-15;1-8-4-9(2)6-11(5-8)17-13-18-12(15)20(19-13)14-16-7-10(3)21-14;1-8-4-9(2)6-11(5-8)17-13-18-12(15)19-20(13)14-16-7-10(3)21-14;14-9-3-1-2-4-10(9)19-12-20-11(16)22(21-12)13-17-6-8(5-15)7-18-13/h1-11,27H,(H,20,21,22)(H3,19,23,24,25);3-8,10-11H,1-2H3,(H3,19,21,22,23);2*4-7H,1-3H3,(H3,15,17,18,19);1-4,6-7H,(H3,16,19,20,21). The van der Waals surface area contributed by atoms with Crippen molar-refractivity contribution in [3.8, 4) is 51.5 Å². The topological polar surface area (TPSA) is 523 Å². The molecule has 16 aromatic rings. The van der Waals surface area contributed by atoms with E-state index < -0.39 is 5.82 Å². The molecular formula is C76H74FN35O2S2. The average molecular weight is 1590 g/mol. The molecule has 10 heterocycles. The number of rotatable bonds is 19. The predicted molar refractivity (Wildman–Crippen MR) is 443 cm³/mol. The Labute approximate surface area is 669 Å². The van der Waals surface area contributed by atoms with Gasteiger partial charge in [0.15, 0.2) is 11.6 Å². The summed E-state index contributed by atoms with van der Waals surface area (Å²) in [6.07, 6.45) is 9.27. The molecule has 0 fully saturated rings. The number of para-hydroxylation sites is 2. The lowest BCUT2D eigenvalue weighted by Crippen LogP contribution is -2.07. The molecule has 0 saturated heterocycles. The van der Waals surface area contributed by atoms with Crippen molar-refractivity contribution in [3.63, 3.8) is 0 Å². The highest BCUT2D eigenvalue weighted by atomic mass is 32.1. The SMILES string of the molecule is CC(C)Oc1ccc(Nc2nc(N)n(-c3ccc(C#N)cn3)n2)cc1.Cc1cc(C)cc(Nc2nc(N)n(-c3ncc(C)s3)n2)c1.Cc1cc(C)cc(Nc2nc(N)nn2-c2ncc(C)s2)c1.N#Cc1cnc(-n2nc(Nc3ccccc3F)nc2N)nc1.Nc1nc(Nc2cccc(O)c2)nn1-c1cc(Nc2ccccc2)ncn1. The van der Waals surface area contributed by atoms with Gasteiger partial charge in [0.1, 0.15) is 41.6 Å². The Morgan fingerprint density at radius 2 is 0.940 bits per heavy atom. The van der Waals surface area contributed by atoms with E-state index in [1.165, 1.54) is 90.0 Å². The van der Waals surface area contributed by atoms with Crippen LogP contribution in [-0.2, 0) is 0 Å². The fraction of sp³-hybridized carbons (Fsp3) is 0.118. The van der Waals surface area contributed by atoms with Crippen LogP contribution < -0.4 is 65.3 Å². The number of ether oxygens (including phenoxy) is 1. The Bertz CT molecular complexity index is 6060. The van der Waals surface area contributed by atoms with Crippen LogP contribution in [0.2, 0.25) is 0 Å². The number of phenols is 1. The number of benzene rings is 6. The largest absolute Gasteiger partial charge is 0.508 e. The number of nitrogen functional groups attached to an aromatic ring is 5. The second-order valence-corrected chi connectivity index (χ2v) is 27.7. The van der Waals surface area contributed by atoms with E-state index in [1.54, 1.807) is 82.4 Å². The summed E-state index contributed by atoms with van der Waals surface area (Å²) in [7, 11) is 0. The monoisotopic (exact) mass is 1590 g/mol. The Morgan fingerprint density at radius 3 is 1.51 bits per heavy atom. The van der Waals surface area contributed by atoms with E-state index in [0.29, 0.717) is 63.2 Å². The number of pyridine rings is 1. The fourth-order valence-electron chi connectivity index (χ4n) is 10.6. The van der Waals surface area contributed by atoms with Crippen molar-refractivity contribution >= 4 is 122 Å². The van der Waals surface area contributed by atoms with Crippen LogP contribution in [0.4, 0.5) is 104 Å². The summed E-state index contributed by atoms with van der Waals surface area (Å²) in [5.74, 6) is 4.90. The highest BCUT2D eigenvalue weighted by molar-refractivity contribution is 7.14. The van der Waals surface area contributed by atoms with Crippen LogP contribution in [0.15, 0.2) is 195 Å². The van der Waals surface area contributed by atoms with Crippen molar-refractivity contribution in [1.29, 1.82) is 10.5 Å². The number of nitrogens with zero attached hydrogens (tertiary/aromatic N) is 24. The zero-order chi connectivity index (χ0) is 81.9. The zero-order valence-corrected chi connectivity index (χ0v) is 64.9. The molecule has 0 saturated carbocycles. The van der Waals surface area contributed by atoms with Gasteiger partial charge in [-0.05, 0) is 175 Å². The van der Waals surface area contributed by atoms with Crippen LogP contribution in [0.25, 0.3) is 27.8 Å². The number of aromatic hydroxyl groups is 1. The van der Waals surface area contributed by atoms with Crippen LogP contribution in [0, 0.1) is 70.0 Å². The van der Waals surface area contributed by atoms with Crippen molar-refractivity contribution in [3.05, 3.63) is 244 Å². The first kappa shape index (κ1) is 79.5. The zero-order valence-electron chi connectivity index (χ0n) is 63.2. The summed E-state index contributed by atoms with van der Waals surface area (Å²) in [4.78, 5) is 52.1. The number of nitrogens with two attached hydrogens (primary N) is 5. The highest BCUT2D eigenvalue weighted by Crippen LogP contribution is 2.29. The van der Waals surface area contributed by atoms with Crippen LogP contribution in [0.5, 0.6) is 11.5 Å². The van der Waals surface area contributed by atoms with Crippen molar-refractivity contribution in [1.82, 2.24) is 109 Å². The Morgan fingerprint density at radius 1 is 0.431 bits per heavy atom. The van der Waals surface area contributed by atoms with E-state index >= 15 is 0 Å². The lowest BCUT2D eigenvalue weighted by Gasteiger charge is -2.10. The van der Waals surface area contributed by atoms with Gasteiger partial charge in [0.25, 0.3) is 5.95 Å². The molecule has 10 aromatic heterocycles. The van der Waals surface area contributed by atoms with E-state index in [4.69, 9.17) is 43.9 Å². The van der Waals surface area contributed by atoms with Gasteiger partial charge >= 0.3 is 0 Å². The summed E-state index contributed by atoms with van der Waals surface area (Å²) in [6.45, 7) is 16.2. The van der Waals surface area contributed by atoms with E-state index in [-0.39, 0.29) is 59.2 Å². The number of halogens is 1. The first-order chi connectivity index (χ1) is 55.9. The van der Waals surface area contributed by atoms with Gasteiger partial charge in [0.2, 0.25) is 69.7 Å². The highest BCUT2D eigenvalue weighted by Gasteiger charge is 2.19. The van der Waals surface area contributed by atoms with E-state index in [9.17, 15) is 9.50 Å². The minimum Gasteiger partial charge on any atom is -0.508 e. The summed E-state index contributed by atoms with van der Waals surface area (Å²) < 4.78 is 26.3. The molecular weight excluding hydrogens is 1520 g/mol. The van der Waals surface area contributed by atoms with Gasteiger partial charge in [-0.25, -0.2) is 39.3 Å². The minimum absolute atomic E-state index is 0.0311. The number of thiazole rings is 2. The lowest BCUT2D eigenvalue weighted by molar-refractivity contribution is 0.242.